The Hall–Kier alpha value is -0.850. The Labute approximate surface area is 139 Å². The first-order valence-electron chi connectivity index (χ1n) is 9.85. The van der Waals surface area contributed by atoms with Gasteiger partial charge < -0.3 is 0 Å². The highest BCUT2D eigenvalue weighted by Crippen LogP contribution is 2.12. The zero-order chi connectivity index (χ0) is 15.9. The smallest absolute Gasteiger partial charge is 0.181 e. The molecule has 126 valence electrons. The third kappa shape index (κ3) is 9.23. The van der Waals surface area contributed by atoms with Crippen molar-refractivity contribution in [2.24, 2.45) is 0 Å². The molecule has 1 aromatic rings. The lowest BCUT2D eigenvalue weighted by Gasteiger charge is -2.03. The van der Waals surface area contributed by atoms with Gasteiger partial charge in [-0.05, 0) is 13.3 Å². The summed E-state index contributed by atoms with van der Waals surface area (Å²) in [4.78, 5) is 0. The number of hydrogen-bond donors (Lipinski definition) is 0. The fourth-order valence-corrected chi connectivity index (χ4v) is 3.19. The van der Waals surface area contributed by atoms with Crippen LogP contribution in [0.5, 0.6) is 0 Å². The molecule has 1 aromatic heterocycles. The van der Waals surface area contributed by atoms with E-state index in [9.17, 15) is 0 Å². The molecule has 0 aromatic carbocycles. The molecule has 0 saturated heterocycles. The normalized spacial score (nSPS) is 11.0. The van der Waals surface area contributed by atoms with Gasteiger partial charge in [0, 0.05) is 18.6 Å². The van der Waals surface area contributed by atoms with Gasteiger partial charge in [-0.3, -0.25) is 0 Å². The standard InChI is InChI=1S/C21H38N/c1-3-5-6-7-8-9-10-11-12-13-14-15-18-21-19-16-17-20-22(21)4-2/h16-17,19-20H,3-15,18H2,1-2H3/q+1. The number of aryl methyl sites for hydroxylation is 2. The average Bonchev–Trinajstić information content (AvgIpc) is 2.56. The Morgan fingerprint density at radius 1 is 0.682 bits per heavy atom. The highest BCUT2D eigenvalue weighted by molar-refractivity contribution is 4.97. The van der Waals surface area contributed by atoms with Crippen LogP contribution in [0.25, 0.3) is 0 Å². The fraction of sp³-hybridized carbons (Fsp3) is 0.762. The van der Waals surface area contributed by atoms with Crippen molar-refractivity contribution in [3.8, 4) is 0 Å². The van der Waals surface area contributed by atoms with E-state index in [-0.39, 0.29) is 0 Å². The zero-order valence-electron chi connectivity index (χ0n) is 15.2. The summed E-state index contributed by atoms with van der Waals surface area (Å²) >= 11 is 0. The van der Waals surface area contributed by atoms with Crippen LogP contribution in [0, 0.1) is 0 Å². The first kappa shape index (κ1) is 19.2. The van der Waals surface area contributed by atoms with Gasteiger partial charge in [0.15, 0.2) is 11.9 Å². The predicted molar refractivity (Wildman–Crippen MR) is 97.1 cm³/mol. The van der Waals surface area contributed by atoms with Crippen molar-refractivity contribution >= 4 is 0 Å². The molecule has 1 heteroatoms. The van der Waals surface area contributed by atoms with Crippen LogP contribution in [-0.4, -0.2) is 0 Å². The molecule has 0 unspecified atom stereocenters. The summed E-state index contributed by atoms with van der Waals surface area (Å²) in [6.45, 7) is 5.61. The van der Waals surface area contributed by atoms with Crippen molar-refractivity contribution in [1.82, 2.24) is 0 Å². The minimum absolute atomic E-state index is 1.09. The summed E-state index contributed by atoms with van der Waals surface area (Å²) in [6.07, 6.45) is 20.6. The second-order valence-electron chi connectivity index (χ2n) is 6.62. The van der Waals surface area contributed by atoms with Crippen molar-refractivity contribution in [3.05, 3.63) is 30.1 Å². The van der Waals surface area contributed by atoms with Crippen molar-refractivity contribution in [1.29, 1.82) is 0 Å². The summed E-state index contributed by atoms with van der Waals surface area (Å²) in [7, 11) is 0. The lowest BCUT2D eigenvalue weighted by Crippen LogP contribution is -2.36. The number of nitrogens with zero attached hydrogens (tertiary/aromatic N) is 1. The number of pyridine rings is 1. The molecular formula is C21H38N+. The molecule has 1 heterocycles. The van der Waals surface area contributed by atoms with E-state index < -0.39 is 0 Å². The van der Waals surface area contributed by atoms with E-state index in [4.69, 9.17) is 0 Å². The van der Waals surface area contributed by atoms with Gasteiger partial charge in [0.05, 0.1) is 0 Å². The highest BCUT2D eigenvalue weighted by atomic mass is 14.9. The molecule has 22 heavy (non-hydrogen) atoms. The van der Waals surface area contributed by atoms with Gasteiger partial charge in [0.2, 0.25) is 0 Å². The van der Waals surface area contributed by atoms with Gasteiger partial charge in [0.25, 0.3) is 0 Å². The van der Waals surface area contributed by atoms with Crippen LogP contribution >= 0.6 is 0 Å². The molecule has 0 radical (unpaired) electrons. The minimum Gasteiger partial charge on any atom is -0.203 e. The molecule has 0 fully saturated rings. The topological polar surface area (TPSA) is 3.88 Å². The Bertz CT molecular complexity index is 359. The van der Waals surface area contributed by atoms with Gasteiger partial charge >= 0.3 is 0 Å². The second-order valence-corrected chi connectivity index (χ2v) is 6.62. The van der Waals surface area contributed by atoms with Crippen LogP contribution in [0.4, 0.5) is 0 Å². The summed E-state index contributed by atoms with van der Waals surface area (Å²) in [6, 6.07) is 6.58. The fourth-order valence-electron chi connectivity index (χ4n) is 3.19. The van der Waals surface area contributed by atoms with Crippen LogP contribution in [0.15, 0.2) is 24.4 Å². The number of unbranched alkanes of at least 4 members (excludes halogenated alkanes) is 11. The van der Waals surface area contributed by atoms with E-state index in [2.05, 4.69) is 42.8 Å². The van der Waals surface area contributed by atoms with Gasteiger partial charge in [-0.15, -0.1) is 0 Å². The number of aromatic nitrogens is 1. The van der Waals surface area contributed by atoms with Crippen molar-refractivity contribution in [2.75, 3.05) is 0 Å². The Balaban J connectivity index is 1.89. The minimum atomic E-state index is 1.09. The molecule has 0 amide bonds. The first-order chi connectivity index (χ1) is 10.9. The molecule has 1 rings (SSSR count). The molecular weight excluding hydrogens is 266 g/mol. The van der Waals surface area contributed by atoms with E-state index in [0.717, 1.165) is 6.54 Å². The van der Waals surface area contributed by atoms with Crippen molar-refractivity contribution < 1.29 is 4.57 Å². The Kier molecular flexibility index (Phi) is 12.0. The third-order valence-corrected chi connectivity index (χ3v) is 4.66. The van der Waals surface area contributed by atoms with Crippen molar-refractivity contribution in [2.45, 2.75) is 104 Å². The van der Waals surface area contributed by atoms with Crippen LogP contribution < -0.4 is 4.57 Å². The quantitative estimate of drug-likeness (QED) is 0.283. The van der Waals surface area contributed by atoms with Crippen LogP contribution in [0.3, 0.4) is 0 Å². The van der Waals surface area contributed by atoms with E-state index >= 15 is 0 Å². The maximum Gasteiger partial charge on any atom is 0.181 e. The lowest BCUT2D eigenvalue weighted by molar-refractivity contribution is -0.700. The molecule has 0 bridgehead atoms. The number of hydrogen-bond acceptors (Lipinski definition) is 0. The Morgan fingerprint density at radius 3 is 1.77 bits per heavy atom. The summed E-state index contributed by atoms with van der Waals surface area (Å²) < 4.78 is 2.37. The summed E-state index contributed by atoms with van der Waals surface area (Å²) in [5.74, 6) is 0. The summed E-state index contributed by atoms with van der Waals surface area (Å²) in [5.41, 5.74) is 1.50. The van der Waals surface area contributed by atoms with E-state index in [1.807, 2.05) is 0 Å². The van der Waals surface area contributed by atoms with Gasteiger partial charge in [-0.1, -0.05) is 83.6 Å². The van der Waals surface area contributed by atoms with Gasteiger partial charge in [0.1, 0.15) is 6.54 Å². The van der Waals surface area contributed by atoms with Crippen LogP contribution in [0.2, 0.25) is 0 Å². The molecule has 0 spiro atoms. The second kappa shape index (κ2) is 13.8. The molecule has 0 aliphatic rings. The molecule has 0 aliphatic carbocycles. The summed E-state index contributed by atoms with van der Waals surface area (Å²) in [5, 5.41) is 0. The highest BCUT2D eigenvalue weighted by Gasteiger charge is 2.06. The van der Waals surface area contributed by atoms with Crippen molar-refractivity contribution in [3.63, 3.8) is 0 Å². The van der Waals surface area contributed by atoms with E-state index in [0.29, 0.717) is 0 Å². The van der Waals surface area contributed by atoms with Crippen LogP contribution in [-0.2, 0) is 13.0 Å². The largest absolute Gasteiger partial charge is 0.203 e. The predicted octanol–water partition coefficient (Wildman–Crippen LogP) is 6.24. The molecule has 0 N–H and O–H groups in total. The lowest BCUT2D eigenvalue weighted by atomic mass is 10.0. The monoisotopic (exact) mass is 304 g/mol. The third-order valence-electron chi connectivity index (χ3n) is 4.66. The number of rotatable bonds is 14. The molecule has 0 saturated carbocycles. The first-order valence-corrected chi connectivity index (χ1v) is 9.85. The van der Waals surface area contributed by atoms with E-state index in [1.54, 1.807) is 0 Å². The maximum atomic E-state index is 2.37. The zero-order valence-corrected chi connectivity index (χ0v) is 15.2. The van der Waals surface area contributed by atoms with E-state index in [1.165, 1.54) is 89.2 Å². The SMILES string of the molecule is CCCCCCCCCCCCCCc1cccc[n+]1CC. The molecule has 0 atom stereocenters. The average molecular weight is 305 g/mol. The van der Waals surface area contributed by atoms with Crippen LogP contribution in [0.1, 0.15) is 96.6 Å². The Morgan fingerprint density at radius 2 is 1.23 bits per heavy atom. The van der Waals surface area contributed by atoms with Gasteiger partial charge in [-0.2, -0.15) is 0 Å². The molecule has 1 nitrogen and oxygen atoms in total. The maximum absolute atomic E-state index is 2.37. The van der Waals surface area contributed by atoms with Gasteiger partial charge in [-0.25, -0.2) is 4.57 Å². The molecule has 0 aliphatic heterocycles.